The highest BCUT2D eigenvalue weighted by Crippen LogP contribution is 2.47. The van der Waals surface area contributed by atoms with E-state index in [1.54, 1.807) is 48.5 Å². The Morgan fingerprint density at radius 3 is 2.17 bits per heavy atom. The van der Waals surface area contributed by atoms with Crippen molar-refractivity contribution in [3.05, 3.63) is 70.8 Å². The van der Waals surface area contributed by atoms with Crippen LogP contribution < -0.4 is 33.2 Å². The van der Waals surface area contributed by atoms with E-state index in [9.17, 15) is 14.7 Å². The lowest BCUT2D eigenvalue weighted by atomic mass is 9.94. The van der Waals surface area contributed by atoms with Gasteiger partial charge in [-0.1, -0.05) is 6.07 Å². The van der Waals surface area contributed by atoms with E-state index in [0.29, 0.717) is 70.2 Å². The van der Waals surface area contributed by atoms with Crippen LogP contribution in [0.1, 0.15) is 22.7 Å². The summed E-state index contributed by atoms with van der Waals surface area (Å²) in [4.78, 5) is 28.6. The Bertz CT molecular complexity index is 1550. The molecule has 41 heavy (non-hydrogen) atoms. The number of ether oxygens (including phenoxy) is 7. The van der Waals surface area contributed by atoms with E-state index in [1.165, 1.54) is 26.2 Å². The molecule has 3 aliphatic rings. The Labute approximate surface area is 235 Å². The third-order valence-corrected chi connectivity index (χ3v) is 7.15. The second kappa shape index (κ2) is 10.5. The van der Waals surface area contributed by atoms with Gasteiger partial charge in [0.25, 0.3) is 11.7 Å². The molecule has 1 saturated heterocycles. The van der Waals surface area contributed by atoms with Crippen LogP contribution in [0.3, 0.4) is 0 Å². The first-order chi connectivity index (χ1) is 19.9. The number of carbonyl (C=O) groups excluding carboxylic acids is 2. The molecule has 1 atom stereocenters. The molecule has 212 valence electrons. The minimum Gasteiger partial charge on any atom is -0.507 e. The number of rotatable bonds is 7. The molecule has 3 heterocycles. The fourth-order valence-electron chi connectivity index (χ4n) is 5.23. The van der Waals surface area contributed by atoms with Gasteiger partial charge in [-0.25, -0.2) is 0 Å². The second-order valence-electron chi connectivity index (χ2n) is 9.43. The summed E-state index contributed by atoms with van der Waals surface area (Å²) >= 11 is 0. The predicted octanol–water partition coefficient (Wildman–Crippen LogP) is 3.83. The normalized spacial score (nSPS) is 18.4. The third kappa shape index (κ3) is 4.48. The van der Waals surface area contributed by atoms with Gasteiger partial charge in [-0.2, -0.15) is 0 Å². The van der Waals surface area contributed by atoms with Gasteiger partial charge in [0.1, 0.15) is 19.0 Å². The number of likely N-dealkylation sites (tertiary alicyclic amines) is 1. The fourth-order valence-corrected chi connectivity index (χ4v) is 5.23. The lowest BCUT2D eigenvalue weighted by molar-refractivity contribution is -0.140. The number of aliphatic hydroxyl groups is 1. The maximum Gasteiger partial charge on any atom is 0.295 e. The SMILES string of the molecule is COc1cc(C2/C(=C(\O)c3ccc4c(c3)OCCO4)C(=O)C(=O)N2Cc2ccc3c(c2)OCO3)cc(OC)c1OC. The van der Waals surface area contributed by atoms with Crippen molar-refractivity contribution in [1.82, 2.24) is 4.90 Å². The van der Waals surface area contributed by atoms with Crippen LogP contribution in [0.15, 0.2) is 54.1 Å². The molecule has 3 aliphatic heterocycles. The van der Waals surface area contributed by atoms with Crippen molar-refractivity contribution in [1.29, 1.82) is 0 Å². The zero-order valence-electron chi connectivity index (χ0n) is 22.6. The average molecular weight is 562 g/mol. The van der Waals surface area contributed by atoms with Crippen molar-refractivity contribution in [2.45, 2.75) is 12.6 Å². The van der Waals surface area contributed by atoms with Crippen LogP contribution in [-0.2, 0) is 16.1 Å². The molecule has 1 amide bonds. The molecule has 0 spiro atoms. The van der Waals surface area contributed by atoms with Gasteiger partial charge in [0.05, 0.1) is 32.9 Å². The van der Waals surface area contributed by atoms with Gasteiger partial charge in [-0.05, 0) is 53.6 Å². The Morgan fingerprint density at radius 1 is 0.829 bits per heavy atom. The number of methoxy groups -OCH3 is 3. The first kappa shape index (κ1) is 26.2. The van der Waals surface area contributed by atoms with Gasteiger partial charge in [0, 0.05) is 12.1 Å². The fraction of sp³-hybridized carbons (Fsp3) is 0.267. The average Bonchev–Trinajstić information content (AvgIpc) is 3.57. The van der Waals surface area contributed by atoms with E-state index in [-0.39, 0.29) is 24.7 Å². The Balaban J connectivity index is 1.51. The monoisotopic (exact) mass is 561 g/mol. The molecule has 1 unspecified atom stereocenters. The van der Waals surface area contributed by atoms with E-state index >= 15 is 0 Å². The van der Waals surface area contributed by atoms with Gasteiger partial charge in [-0.3, -0.25) is 9.59 Å². The highest BCUT2D eigenvalue weighted by atomic mass is 16.7. The standard InChI is InChI=1S/C30H27NO10/c1-35-23-12-18(13-24(36-2)29(23)37-3)26-25(27(32)17-5-7-19-22(11-17)39-9-8-38-19)28(33)30(34)31(26)14-16-4-6-20-21(10-16)41-15-40-20/h4-7,10-13,26,32H,8-9,14-15H2,1-3H3/b27-25+. The van der Waals surface area contributed by atoms with E-state index < -0.39 is 17.7 Å². The molecule has 0 aliphatic carbocycles. The van der Waals surface area contributed by atoms with Gasteiger partial charge in [0.15, 0.2) is 34.5 Å². The van der Waals surface area contributed by atoms with Crippen molar-refractivity contribution < 1.29 is 47.9 Å². The summed E-state index contributed by atoms with van der Waals surface area (Å²) in [6.07, 6.45) is 0. The van der Waals surface area contributed by atoms with E-state index in [2.05, 4.69) is 0 Å². The zero-order chi connectivity index (χ0) is 28.7. The molecule has 0 saturated carbocycles. The van der Waals surface area contributed by atoms with Gasteiger partial charge >= 0.3 is 0 Å². The van der Waals surface area contributed by atoms with Gasteiger partial charge in [-0.15, -0.1) is 0 Å². The van der Waals surface area contributed by atoms with Crippen molar-refractivity contribution in [3.63, 3.8) is 0 Å². The number of carbonyl (C=O) groups is 2. The third-order valence-electron chi connectivity index (χ3n) is 7.15. The molecule has 3 aromatic carbocycles. The van der Waals surface area contributed by atoms with Crippen molar-refractivity contribution >= 4 is 17.4 Å². The molecular weight excluding hydrogens is 534 g/mol. The largest absolute Gasteiger partial charge is 0.507 e. The summed E-state index contributed by atoms with van der Waals surface area (Å²) in [6, 6.07) is 12.5. The Kier molecular flexibility index (Phi) is 6.70. The quantitative estimate of drug-likeness (QED) is 0.259. The molecule has 0 radical (unpaired) electrons. The number of hydrogen-bond acceptors (Lipinski definition) is 10. The summed E-state index contributed by atoms with van der Waals surface area (Å²) < 4.78 is 38.7. The van der Waals surface area contributed by atoms with Crippen molar-refractivity contribution in [2.75, 3.05) is 41.3 Å². The van der Waals surface area contributed by atoms with Crippen LogP contribution in [0.5, 0.6) is 40.2 Å². The van der Waals surface area contributed by atoms with E-state index in [1.807, 2.05) is 0 Å². The minimum atomic E-state index is -0.998. The van der Waals surface area contributed by atoms with Crippen LogP contribution in [-0.4, -0.2) is 63.0 Å². The summed E-state index contributed by atoms with van der Waals surface area (Å²) in [6.45, 7) is 0.901. The molecule has 11 nitrogen and oxygen atoms in total. The zero-order valence-corrected chi connectivity index (χ0v) is 22.6. The maximum atomic E-state index is 13.6. The van der Waals surface area contributed by atoms with Crippen LogP contribution in [0.2, 0.25) is 0 Å². The topological polar surface area (TPSA) is 122 Å². The molecule has 6 rings (SSSR count). The molecule has 3 aromatic rings. The molecule has 0 bridgehead atoms. The Hall–Kier alpha value is -5.06. The van der Waals surface area contributed by atoms with Crippen LogP contribution in [0.25, 0.3) is 5.76 Å². The van der Waals surface area contributed by atoms with Gasteiger partial charge in [0.2, 0.25) is 12.5 Å². The van der Waals surface area contributed by atoms with Gasteiger partial charge < -0.3 is 43.2 Å². The lowest BCUT2D eigenvalue weighted by Gasteiger charge is -2.27. The van der Waals surface area contributed by atoms with Crippen LogP contribution in [0.4, 0.5) is 0 Å². The first-order valence-electron chi connectivity index (χ1n) is 12.8. The maximum absolute atomic E-state index is 13.6. The van der Waals surface area contributed by atoms with Crippen molar-refractivity contribution in [3.8, 4) is 40.2 Å². The number of amides is 1. The van der Waals surface area contributed by atoms with Crippen LogP contribution in [0, 0.1) is 0 Å². The Morgan fingerprint density at radius 2 is 1.46 bits per heavy atom. The van der Waals surface area contributed by atoms with Crippen LogP contribution >= 0.6 is 0 Å². The summed E-state index contributed by atoms with van der Waals surface area (Å²) in [5, 5.41) is 11.6. The number of nitrogens with zero attached hydrogens (tertiary/aromatic N) is 1. The lowest BCUT2D eigenvalue weighted by Crippen LogP contribution is -2.29. The number of aliphatic hydroxyl groups excluding tert-OH is 1. The second-order valence-corrected chi connectivity index (χ2v) is 9.43. The number of benzene rings is 3. The first-order valence-corrected chi connectivity index (χ1v) is 12.8. The number of Topliss-reactive ketones (excluding diaryl/α,β-unsaturated/α-hetero) is 1. The van der Waals surface area contributed by atoms with E-state index in [4.69, 9.17) is 33.2 Å². The minimum absolute atomic E-state index is 0.0421. The summed E-state index contributed by atoms with van der Waals surface area (Å²) in [5.74, 6) is 1.12. The predicted molar refractivity (Wildman–Crippen MR) is 144 cm³/mol. The number of ketones is 1. The molecule has 11 heteroatoms. The highest BCUT2D eigenvalue weighted by Gasteiger charge is 2.47. The summed E-state index contributed by atoms with van der Waals surface area (Å²) in [7, 11) is 4.42. The smallest absolute Gasteiger partial charge is 0.295 e. The number of hydrogen-bond donors (Lipinski definition) is 1. The summed E-state index contributed by atoms with van der Waals surface area (Å²) in [5.41, 5.74) is 1.38. The number of fused-ring (bicyclic) bond motifs is 2. The molecule has 1 fully saturated rings. The van der Waals surface area contributed by atoms with E-state index in [0.717, 1.165) is 0 Å². The molecular formula is C30H27NO10. The van der Waals surface area contributed by atoms with Crippen molar-refractivity contribution in [2.24, 2.45) is 0 Å². The molecule has 0 aromatic heterocycles. The molecule has 1 N–H and O–H groups in total. The highest BCUT2D eigenvalue weighted by molar-refractivity contribution is 6.46.